The SMILES string of the molecule is Nc1c(F)cccc1C(=O)CC1CCCCN1. The number of halogens is 1. The number of benzene rings is 1. The summed E-state index contributed by atoms with van der Waals surface area (Å²) >= 11 is 0. The number of nitrogens with one attached hydrogen (secondary N) is 1. The van der Waals surface area contributed by atoms with Crippen molar-refractivity contribution in [3.05, 3.63) is 29.6 Å². The Kier molecular flexibility index (Phi) is 3.74. The molecule has 4 heteroatoms. The summed E-state index contributed by atoms with van der Waals surface area (Å²) in [6.07, 6.45) is 3.70. The van der Waals surface area contributed by atoms with Gasteiger partial charge < -0.3 is 11.1 Å². The number of hydrogen-bond acceptors (Lipinski definition) is 3. The van der Waals surface area contributed by atoms with Gasteiger partial charge in [0.05, 0.1) is 5.69 Å². The fourth-order valence-corrected chi connectivity index (χ4v) is 2.21. The molecule has 92 valence electrons. The van der Waals surface area contributed by atoms with Gasteiger partial charge in [0.1, 0.15) is 5.82 Å². The van der Waals surface area contributed by atoms with Crippen LogP contribution in [-0.2, 0) is 0 Å². The molecular formula is C13H17FN2O. The highest BCUT2D eigenvalue weighted by Gasteiger charge is 2.19. The Labute approximate surface area is 100 Å². The van der Waals surface area contributed by atoms with Crippen LogP contribution in [0.5, 0.6) is 0 Å². The molecule has 0 bridgehead atoms. The Bertz CT molecular complexity index is 414. The van der Waals surface area contributed by atoms with E-state index >= 15 is 0 Å². The Hall–Kier alpha value is -1.42. The third kappa shape index (κ3) is 2.82. The zero-order valence-electron chi connectivity index (χ0n) is 9.71. The summed E-state index contributed by atoms with van der Waals surface area (Å²) in [5, 5.41) is 3.30. The van der Waals surface area contributed by atoms with Crippen molar-refractivity contribution in [1.82, 2.24) is 5.32 Å². The minimum Gasteiger partial charge on any atom is -0.396 e. The number of rotatable bonds is 3. The maximum Gasteiger partial charge on any atom is 0.166 e. The number of nitrogen functional groups attached to an aromatic ring is 1. The van der Waals surface area contributed by atoms with Crippen LogP contribution in [0.2, 0.25) is 0 Å². The van der Waals surface area contributed by atoms with Crippen molar-refractivity contribution in [1.29, 1.82) is 0 Å². The van der Waals surface area contributed by atoms with Crippen LogP contribution in [0, 0.1) is 5.82 Å². The molecule has 1 aliphatic rings. The largest absolute Gasteiger partial charge is 0.396 e. The van der Waals surface area contributed by atoms with E-state index < -0.39 is 5.82 Å². The number of para-hydroxylation sites is 1. The Balaban J connectivity index is 2.06. The Morgan fingerprint density at radius 2 is 2.29 bits per heavy atom. The molecule has 1 atom stereocenters. The number of piperidine rings is 1. The van der Waals surface area contributed by atoms with Crippen LogP contribution >= 0.6 is 0 Å². The molecule has 0 radical (unpaired) electrons. The summed E-state index contributed by atoms with van der Waals surface area (Å²) in [7, 11) is 0. The maximum absolute atomic E-state index is 13.2. The molecule has 0 aliphatic carbocycles. The van der Waals surface area contributed by atoms with Gasteiger partial charge in [0.2, 0.25) is 0 Å². The average molecular weight is 236 g/mol. The van der Waals surface area contributed by atoms with E-state index in [9.17, 15) is 9.18 Å². The topological polar surface area (TPSA) is 55.1 Å². The molecule has 17 heavy (non-hydrogen) atoms. The molecule has 0 saturated carbocycles. The first-order chi connectivity index (χ1) is 8.18. The number of hydrogen-bond donors (Lipinski definition) is 2. The van der Waals surface area contributed by atoms with Crippen LogP contribution in [0.4, 0.5) is 10.1 Å². The average Bonchev–Trinajstić information content (AvgIpc) is 2.34. The molecule has 3 nitrogen and oxygen atoms in total. The molecule has 2 rings (SSSR count). The maximum atomic E-state index is 13.2. The van der Waals surface area contributed by atoms with Crippen LogP contribution in [0.15, 0.2) is 18.2 Å². The quantitative estimate of drug-likeness (QED) is 0.624. The summed E-state index contributed by atoms with van der Waals surface area (Å²) < 4.78 is 13.2. The van der Waals surface area contributed by atoms with E-state index in [2.05, 4.69) is 5.32 Å². The van der Waals surface area contributed by atoms with E-state index in [4.69, 9.17) is 5.73 Å². The minimum atomic E-state index is -0.521. The molecule has 1 aliphatic heterocycles. The second-order valence-electron chi connectivity index (χ2n) is 4.48. The van der Waals surface area contributed by atoms with Crippen LogP contribution in [-0.4, -0.2) is 18.4 Å². The lowest BCUT2D eigenvalue weighted by atomic mass is 9.96. The van der Waals surface area contributed by atoms with Gasteiger partial charge in [-0.1, -0.05) is 12.5 Å². The lowest BCUT2D eigenvalue weighted by Gasteiger charge is -2.22. The van der Waals surface area contributed by atoms with Crippen molar-refractivity contribution in [2.45, 2.75) is 31.7 Å². The number of carbonyl (C=O) groups excluding carboxylic acids is 1. The van der Waals surface area contributed by atoms with E-state index in [1.54, 1.807) is 6.07 Å². The van der Waals surface area contributed by atoms with E-state index in [-0.39, 0.29) is 17.5 Å². The lowest BCUT2D eigenvalue weighted by Crippen LogP contribution is -2.35. The highest BCUT2D eigenvalue weighted by atomic mass is 19.1. The summed E-state index contributed by atoms with van der Waals surface area (Å²) in [6.45, 7) is 0.955. The van der Waals surface area contributed by atoms with Crippen molar-refractivity contribution in [3.63, 3.8) is 0 Å². The minimum absolute atomic E-state index is 0.0340. The number of carbonyl (C=O) groups is 1. The van der Waals surface area contributed by atoms with Gasteiger partial charge in [0, 0.05) is 18.0 Å². The number of nitrogens with two attached hydrogens (primary N) is 1. The summed E-state index contributed by atoms with van der Waals surface area (Å²) in [4.78, 5) is 12.0. The number of Topliss-reactive ketones (excluding diaryl/α,β-unsaturated/α-hetero) is 1. The van der Waals surface area contributed by atoms with Gasteiger partial charge in [-0.2, -0.15) is 0 Å². The van der Waals surface area contributed by atoms with Crippen LogP contribution in [0.3, 0.4) is 0 Å². The molecule has 1 aromatic rings. The molecule has 0 spiro atoms. The molecule has 1 fully saturated rings. The van der Waals surface area contributed by atoms with E-state index in [0.29, 0.717) is 12.0 Å². The highest BCUT2D eigenvalue weighted by molar-refractivity contribution is 6.01. The standard InChI is InChI=1S/C13H17FN2O/c14-11-6-3-5-10(13(11)15)12(17)8-9-4-1-2-7-16-9/h3,5-6,9,16H,1-2,4,7-8,15H2. The zero-order chi connectivity index (χ0) is 12.3. The number of anilines is 1. The van der Waals surface area contributed by atoms with Crippen molar-refractivity contribution in [2.24, 2.45) is 0 Å². The molecule has 1 aromatic carbocycles. The van der Waals surface area contributed by atoms with Gasteiger partial charge in [-0.05, 0) is 31.5 Å². The summed E-state index contributed by atoms with van der Waals surface area (Å²) in [6, 6.07) is 4.58. The van der Waals surface area contributed by atoms with Crippen LogP contribution in [0.25, 0.3) is 0 Å². The summed E-state index contributed by atoms with van der Waals surface area (Å²) in [5.74, 6) is -0.603. The first-order valence-electron chi connectivity index (χ1n) is 5.99. The zero-order valence-corrected chi connectivity index (χ0v) is 9.71. The smallest absolute Gasteiger partial charge is 0.166 e. The monoisotopic (exact) mass is 236 g/mol. The first-order valence-corrected chi connectivity index (χ1v) is 5.99. The third-order valence-electron chi connectivity index (χ3n) is 3.20. The molecule has 0 aromatic heterocycles. The van der Waals surface area contributed by atoms with E-state index in [1.165, 1.54) is 12.1 Å². The number of ketones is 1. The fraction of sp³-hybridized carbons (Fsp3) is 0.462. The van der Waals surface area contributed by atoms with Gasteiger partial charge in [0.25, 0.3) is 0 Å². The van der Waals surface area contributed by atoms with Crippen molar-refractivity contribution in [2.75, 3.05) is 12.3 Å². The normalized spacial score (nSPS) is 20.2. The molecular weight excluding hydrogens is 219 g/mol. The van der Waals surface area contributed by atoms with E-state index in [1.807, 2.05) is 0 Å². The molecule has 0 amide bonds. The second-order valence-corrected chi connectivity index (χ2v) is 4.48. The predicted octanol–water partition coefficient (Wildman–Crippen LogP) is 2.12. The van der Waals surface area contributed by atoms with E-state index in [0.717, 1.165) is 25.8 Å². The van der Waals surface area contributed by atoms with Crippen LogP contribution < -0.4 is 11.1 Å². The molecule has 3 N–H and O–H groups in total. The highest BCUT2D eigenvalue weighted by Crippen LogP contribution is 2.20. The predicted molar refractivity (Wildman–Crippen MR) is 65.4 cm³/mol. The molecule has 1 unspecified atom stereocenters. The lowest BCUT2D eigenvalue weighted by molar-refractivity contribution is 0.0964. The second kappa shape index (κ2) is 5.27. The third-order valence-corrected chi connectivity index (χ3v) is 3.20. The fourth-order valence-electron chi connectivity index (χ4n) is 2.21. The van der Waals surface area contributed by atoms with Crippen LogP contribution in [0.1, 0.15) is 36.0 Å². The van der Waals surface area contributed by atoms with Gasteiger partial charge in [-0.25, -0.2) is 4.39 Å². The van der Waals surface area contributed by atoms with Gasteiger partial charge in [-0.3, -0.25) is 4.79 Å². The van der Waals surface area contributed by atoms with Gasteiger partial charge in [0.15, 0.2) is 5.78 Å². The Morgan fingerprint density at radius 1 is 1.47 bits per heavy atom. The first kappa shape index (κ1) is 12.0. The van der Waals surface area contributed by atoms with Gasteiger partial charge in [-0.15, -0.1) is 0 Å². The Morgan fingerprint density at radius 3 is 3.00 bits per heavy atom. The molecule has 1 saturated heterocycles. The van der Waals surface area contributed by atoms with Crippen molar-refractivity contribution < 1.29 is 9.18 Å². The summed E-state index contributed by atoms with van der Waals surface area (Å²) in [5.41, 5.74) is 5.84. The van der Waals surface area contributed by atoms with Gasteiger partial charge >= 0.3 is 0 Å². The molecule has 1 heterocycles. The van der Waals surface area contributed by atoms with Crippen molar-refractivity contribution >= 4 is 11.5 Å². The van der Waals surface area contributed by atoms with Crippen molar-refractivity contribution in [3.8, 4) is 0 Å².